The Morgan fingerprint density at radius 1 is 1.30 bits per heavy atom. The summed E-state index contributed by atoms with van der Waals surface area (Å²) in [6, 6.07) is 3.03. The summed E-state index contributed by atoms with van der Waals surface area (Å²) in [6.45, 7) is 14.1. The molecule has 1 saturated heterocycles. The van der Waals surface area contributed by atoms with Crippen LogP contribution in [0.2, 0.25) is 0 Å². The Labute approximate surface area is 178 Å². The van der Waals surface area contributed by atoms with Gasteiger partial charge in [-0.3, -0.25) is 4.99 Å². The van der Waals surface area contributed by atoms with E-state index in [4.69, 9.17) is 14.5 Å². The van der Waals surface area contributed by atoms with E-state index in [0.29, 0.717) is 19.6 Å². The number of benzene rings is 1. The van der Waals surface area contributed by atoms with E-state index in [1.54, 1.807) is 6.07 Å². The standard InChI is InChI=1S/C20H30FN3O2.HI/c1-6-22-18(24-12-19(2,3)20(24,4)5)23-8-7-14-9-16(21)10-15-11-25-13-26-17(14)15;/h9-10H,6-8,11-13H2,1-5H3,(H,22,23);1H. The summed E-state index contributed by atoms with van der Waals surface area (Å²) in [7, 11) is 0. The average Bonchev–Trinajstić information content (AvgIpc) is 2.59. The highest BCUT2D eigenvalue weighted by atomic mass is 127. The minimum Gasteiger partial charge on any atom is -0.467 e. The molecule has 0 atom stereocenters. The van der Waals surface area contributed by atoms with E-state index in [9.17, 15) is 4.39 Å². The first kappa shape index (κ1) is 22.2. The third kappa shape index (κ3) is 4.34. The van der Waals surface area contributed by atoms with Crippen LogP contribution in [0.5, 0.6) is 5.75 Å². The second kappa shape index (κ2) is 8.51. The zero-order valence-corrected chi connectivity index (χ0v) is 19.2. The van der Waals surface area contributed by atoms with Gasteiger partial charge in [-0.1, -0.05) is 13.8 Å². The maximum Gasteiger partial charge on any atom is 0.194 e. The van der Waals surface area contributed by atoms with Gasteiger partial charge in [0.1, 0.15) is 11.6 Å². The lowest BCUT2D eigenvalue weighted by Gasteiger charge is -2.62. The lowest BCUT2D eigenvalue weighted by Crippen LogP contribution is -2.72. The van der Waals surface area contributed by atoms with Gasteiger partial charge < -0.3 is 19.7 Å². The number of hydrogen-bond donors (Lipinski definition) is 1. The van der Waals surface area contributed by atoms with Gasteiger partial charge in [0.05, 0.1) is 6.61 Å². The lowest BCUT2D eigenvalue weighted by molar-refractivity contribution is -0.0667. The summed E-state index contributed by atoms with van der Waals surface area (Å²) in [5.74, 6) is 1.42. The molecule has 0 saturated carbocycles. The molecule has 1 aromatic rings. The Bertz CT molecular complexity index is 707. The minimum atomic E-state index is -0.255. The van der Waals surface area contributed by atoms with E-state index in [2.05, 4.69) is 44.8 Å². The number of ether oxygens (including phenoxy) is 2. The van der Waals surface area contributed by atoms with Crippen LogP contribution in [0, 0.1) is 11.2 Å². The Morgan fingerprint density at radius 3 is 2.67 bits per heavy atom. The summed E-state index contributed by atoms with van der Waals surface area (Å²) in [5.41, 5.74) is 1.92. The van der Waals surface area contributed by atoms with Gasteiger partial charge >= 0.3 is 0 Å². The first-order chi connectivity index (χ1) is 12.3. The molecule has 0 unspecified atom stereocenters. The number of aliphatic imine (C=N–C) groups is 1. The molecule has 2 heterocycles. The highest BCUT2D eigenvalue weighted by Crippen LogP contribution is 2.46. The van der Waals surface area contributed by atoms with Crippen LogP contribution >= 0.6 is 24.0 Å². The predicted molar refractivity (Wildman–Crippen MR) is 116 cm³/mol. The Balaban J connectivity index is 0.00000261. The summed E-state index contributed by atoms with van der Waals surface area (Å²) >= 11 is 0. The van der Waals surface area contributed by atoms with E-state index in [-0.39, 0.29) is 47.5 Å². The highest BCUT2D eigenvalue weighted by Gasteiger charge is 2.53. The average molecular weight is 491 g/mol. The predicted octanol–water partition coefficient (Wildman–Crippen LogP) is 3.94. The Morgan fingerprint density at radius 2 is 2.04 bits per heavy atom. The van der Waals surface area contributed by atoms with Gasteiger partial charge in [0.15, 0.2) is 12.8 Å². The van der Waals surface area contributed by atoms with Gasteiger partial charge in [0.2, 0.25) is 0 Å². The topological polar surface area (TPSA) is 46.1 Å². The summed E-state index contributed by atoms with van der Waals surface area (Å²) < 4.78 is 24.7. The van der Waals surface area contributed by atoms with Gasteiger partial charge in [-0.25, -0.2) is 4.39 Å². The highest BCUT2D eigenvalue weighted by molar-refractivity contribution is 14.0. The maximum atomic E-state index is 13.9. The van der Waals surface area contributed by atoms with Crippen LogP contribution in [0.15, 0.2) is 17.1 Å². The van der Waals surface area contributed by atoms with Crippen molar-refractivity contribution >= 4 is 29.9 Å². The Kier molecular flexibility index (Phi) is 7.00. The van der Waals surface area contributed by atoms with Crippen molar-refractivity contribution in [2.75, 3.05) is 26.4 Å². The lowest BCUT2D eigenvalue weighted by atomic mass is 9.65. The Hall–Kier alpha value is -1.09. The van der Waals surface area contributed by atoms with Gasteiger partial charge in [-0.2, -0.15) is 0 Å². The van der Waals surface area contributed by atoms with Crippen molar-refractivity contribution in [3.05, 3.63) is 29.1 Å². The number of halogens is 2. The van der Waals surface area contributed by atoms with Crippen molar-refractivity contribution < 1.29 is 13.9 Å². The third-order valence-electron chi connectivity index (χ3n) is 5.87. The fourth-order valence-electron chi connectivity index (χ4n) is 3.52. The van der Waals surface area contributed by atoms with Crippen molar-refractivity contribution in [2.45, 2.75) is 53.2 Å². The quantitative estimate of drug-likeness (QED) is 0.394. The number of likely N-dealkylation sites (tertiary alicyclic amines) is 1. The largest absolute Gasteiger partial charge is 0.467 e. The maximum absolute atomic E-state index is 13.9. The number of rotatable bonds is 4. The summed E-state index contributed by atoms with van der Waals surface area (Å²) in [6.07, 6.45) is 0.632. The molecule has 1 fully saturated rings. The van der Waals surface area contributed by atoms with Crippen LogP contribution in [0.25, 0.3) is 0 Å². The molecular formula is C20H31FIN3O2. The second-order valence-corrected chi connectivity index (χ2v) is 8.18. The zero-order valence-electron chi connectivity index (χ0n) is 16.9. The molecule has 0 spiro atoms. The van der Waals surface area contributed by atoms with Gasteiger partial charge in [0.25, 0.3) is 0 Å². The molecular weight excluding hydrogens is 460 g/mol. The van der Waals surface area contributed by atoms with Crippen molar-refractivity contribution in [1.82, 2.24) is 10.2 Å². The molecule has 0 radical (unpaired) electrons. The number of hydrogen-bond acceptors (Lipinski definition) is 3. The smallest absolute Gasteiger partial charge is 0.194 e. The van der Waals surface area contributed by atoms with Gasteiger partial charge in [0, 0.05) is 36.2 Å². The van der Waals surface area contributed by atoms with Crippen LogP contribution in [0.4, 0.5) is 4.39 Å². The first-order valence-electron chi connectivity index (χ1n) is 9.34. The molecule has 0 amide bonds. The van der Waals surface area contributed by atoms with Crippen molar-refractivity contribution in [2.24, 2.45) is 10.4 Å². The van der Waals surface area contributed by atoms with E-state index >= 15 is 0 Å². The zero-order chi connectivity index (χ0) is 18.9. The molecule has 2 aliphatic rings. The van der Waals surface area contributed by atoms with Crippen LogP contribution in [0.3, 0.4) is 0 Å². The molecule has 1 aromatic carbocycles. The molecule has 7 heteroatoms. The SMILES string of the molecule is CCNC(=NCCc1cc(F)cc2c1OCOC2)N1CC(C)(C)C1(C)C.I. The second-order valence-electron chi connectivity index (χ2n) is 8.18. The molecule has 152 valence electrons. The van der Waals surface area contributed by atoms with E-state index < -0.39 is 0 Å². The molecule has 0 aromatic heterocycles. The molecule has 1 N–H and O–H groups in total. The van der Waals surface area contributed by atoms with Crippen LogP contribution < -0.4 is 10.1 Å². The van der Waals surface area contributed by atoms with Crippen LogP contribution in [-0.2, 0) is 17.8 Å². The number of nitrogens with zero attached hydrogens (tertiary/aromatic N) is 2. The molecule has 3 rings (SSSR count). The number of guanidine groups is 1. The number of nitrogens with one attached hydrogen (secondary N) is 1. The summed E-state index contributed by atoms with van der Waals surface area (Å²) in [5, 5.41) is 3.39. The molecule has 27 heavy (non-hydrogen) atoms. The first-order valence-corrected chi connectivity index (χ1v) is 9.34. The van der Waals surface area contributed by atoms with Crippen LogP contribution in [0.1, 0.15) is 45.7 Å². The molecule has 5 nitrogen and oxygen atoms in total. The molecule has 2 aliphatic heterocycles. The van der Waals surface area contributed by atoms with Crippen molar-refractivity contribution in [3.8, 4) is 5.75 Å². The fourth-order valence-corrected chi connectivity index (χ4v) is 3.52. The molecule has 0 bridgehead atoms. The minimum absolute atomic E-state index is 0. The summed E-state index contributed by atoms with van der Waals surface area (Å²) in [4.78, 5) is 7.11. The van der Waals surface area contributed by atoms with Crippen molar-refractivity contribution in [3.63, 3.8) is 0 Å². The monoisotopic (exact) mass is 491 g/mol. The normalized spacial score (nSPS) is 20.1. The van der Waals surface area contributed by atoms with E-state index in [1.165, 1.54) is 6.07 Å². The van der Waals surface area contributed by atoms with Gasteiger partial charge in [-0.15, -0.1) is 24.0 Å². The third-order valence-corrected chi connectivity index (χ3v) is 5.87. The van der Waals surface area contributed by atoms with Crippen molar-refractivity contribution in [1.29, 1.82) is 0 Å². The fraction of sp³-hybridized carbons (Fsp3) is 0.650. The van der Waals surface area contributed by atoms with E-state index in [0.717, 1.165) is 35.9 Å². The molecule has 0 aliphatic carbocycles. The van der Waals surface area contributed by atoms with Gasteiger partial charge in [-0.05, 0) is 44.9 Å². The van der Waals surface area contributed by atoms with Crippen LogP contribution in [-0.4, -0.2) is 42.8 Å². The number of fused-ring (bicyclic) bond motifs is 1. The van der Waals surface area contributed by atoms with E-state index in [1.807, 2.05) is 0 Å².